The molecular formula is C44H52F3NO14. The molecule has 1 aliphatic heterocycles. The van der Waals surface area contributed by atoms with Crippen molar-refractivity contribution in [3.8, 4) is 0 Å². The van der Waals surface area contributed by atoms with Gasteiger partial charge in [0.2, 0.25) is 5.60 Å². The lowest BCUT2D eigenvalue weighted by Gasteiger charge is -2.70. The van der Waals surface area contributed by atoms with Crippen LogP contribution in [0.1, 0.15) is 90.2 Å². The Bertz CT molecular complexity index is 2150. The van der Waals surface area contributed by atoms with Crippen molar-refractivity contribution in [3.05, 3.63) is 82.9 Å². The maximum Gasteiger partial charge on any atom is 0.427 e. The minimum Gasteiger partial charge on any atom is -0.456 e. The number of halogens is 3. The second kappa shape index (κ2) is 15.7. The summed E-state index contributed by atoms with van der Waals surface area (Å²) >= 11 is 0. The van der Waals surface area contributed by atoms with Crippen LogP contribution in [0.15, 0.2) is 71.8 Å². The lowest BCUT2D eigenvalue weighted by atomic mass is 9.42. The summed E-state index contributed by atoms with van der Waals surface area (Å²) in [5.41, 5.74) is -12.8. The summed E-state index contributed by atoms with van der Waals surface area (Å²) in [6.07, 6.45) is -17.2. The van der Waals surface area contributed by atoms with Crippen LogP contribution in [-0.4, -0.2) is 116 Å². The smallest absolute Gasteiger partial charge is 0.427 e. The maximum atomic E-state index is 15.0. The van der Waals surface area contributed by atoms with Crippen molar-refractivity contribution in [2.75, 3.05) is 6.61 Å². The molecule has 2 aromatic carbocycles. The lowest BCUT2D eigenvalue weighted by molar-refractivity contribution is -0.383. The molecule has 2 saturated carbocycles. The summed E-state index contributed by atoms with van der Waals surface area (Å²) in [6.45, 7) is 9.16. The highest BCUT2D eigenvalue weighted by Gasteiger charge is 2.81. The third-order valence-corrected chi connectivity index (χ3v) is 13.8. The summed E-state index contributed by atoms with van der Waals surface area (Å²) < 4.78 is 69.7. The van der Waals surface area contributed by atoms with E-state index in [0.29, 0.717) is 13.8 Å². The molecule has 0 unspecified atom stereocenters. The number of carbonyl (C=O) groups excluding carboxylic acids is 5. The van der Waals surface area contributed by atoms with E-state index in [9.17, 15) is 52.8 Å². The van der Waals surface area contributed by atoms with Crippen LogP contribution < -0.4 is 5.32 Å². The Labute approximate surface area is 355 Å². The van der Waals surface area contributed by atoms with Gasteiger partial charge in [-0.2, -0.15) is 13.2 Å². The number of hydrogen-bond acceptors (Lipinski definition) is 14. The third kappa shape index (κ3) is 7.26. The van der Waals surface area contributed by atoms with Crippen molar-refractivity contribution < 1.29 is 81.3 Å². The van der Waals surface area contributed by atoms with E-state index >= 15 is 4.79 Å². The summed E-state index contributed by atoms with van der Waals surface area (Å²) in [5, 5.41) is 51.4. The van der Waals surface area contributed by atoms with E-state index in [1.54, 1.807) is 24.3 Å². The van der Waals surface area contributed by atoms with Crippen LogP contribution in [0.25, 0.3) is 0 Å². The van der Waals surface area contributed by atoms with Gasteiger partial charge >= 0.3 is 30.2 Å². The number of hydrogen-bond donors (Lipinski definition) is 5. The minimum atomic E-state index is -4.99. The number of alkyl carbamates (subject to hydrolysis) is 1. The highest BCUT2D eigenvalue weighted by Crippen LogP contribution is 2.66. The molecule has 3 aliphatic carbocycles. The normalized spacial score (nSPS) is 33.8. The Balaban J connectivity index is 1.48. The fourth-order valence-corrected chi connectivity index (χ4v) is 9.89. The predicted molar refractivity (Wildman–Crippen MR) is 209 cm³/mol. The zero-order valence-electron chi connectivity index (χ0n) is 35.4. The highest BCUT2D eigenvalue weighted by atomic mass is 19.4. The van der Waals surface area contributed by atoms with Crippen molar-refractivity contribution in [1.29, 1.82) is 0 Å². The van der Waals surface area contributed by atoms with Gasteiger partial charge in [-0.15, -0.1) is 0 Å². The van der Waals surface area contributed by atoms with Gasteiger partial charge in [-0.1, -0.05) is 62.4 Å². The number of alkyl halides is 3. The first-order valence-electron chi connectivity index (χ1n) is 20.0. The molecule has 2 aromatic rings. The van der Waals surface area contributed by atoms with Gasteiger partial charge in [0, 0.05) is 25.2 Å². The summed E-state index contributed by atoms with van der Waals surface area (Å²) in [4.78, 5) is 69.2. The quantitative estimate of drug-likeness (QED) is 0.135. The second-order valence-electron chi connectivity index (χ2n) is 18.1. The molecule has 1 saturated heterocycles. The van der Waals surface area contributed by atoms with Crippen LogP contribution in [0.2, 0.25) is 0 Å². The molecule has 0 radical (unpaired) electrons. The van der Waals surface area contributed by atoms with E-state index in [0.717, 1.165) is 6.92 Å². The number of esters is 3. The highest BCUT2D eigenvalue weighted by molar-refractivity contribution is 5.94. The molecule has 1 heterocycles. The lowest BCUT2D eigenvalue weighted by Crippen LogP contribution is -2.85. The molecule has 4 aliphatic rings. The number of nitrogens with one attached hydrogen (secondary N) is 1. The number of aliphatic hydroxyl groups is 4. The number of ketones is 1. The molecule has 0 spiro atoms. The molecule has 338 valence electrons. The number of amides is 1. The van der Waals surface area contributed by atoms with E-state index < -0.39 is 118 Å². The zero-order valence-corrected chi connectivity index (χ0v) is 35.4. The first kappa shape index (κ1) is 46.6. The first-order chi connectivity index (χ1) is 28.6. The van der Waals surface area contributed by atoms with Gasteiger partial charge in [0.15, 0.2) is 17.5 Å². The SMILES string of the molecule is CC(=O)O[C@@]12CO[C@]1(C)C[C@H](O)[C@@]1(C)C(=O)[C@H](O)C3=C(C)[C@@H](OC(=O)[C@H](O)[C@@H](NC(=O)OC(C)(C)C(F)(F)F)c4ccccc4)C[C@@](O)([C@@H](OC(=O)c4ccccc4)[C@@H]12)C3(C)C. The first-order valence-corrected chi connectivity index (χ1v) is 20.0. The van der Waals surface area contributed by atoms with Crippen LogP contribution in [0.4, 0.5) is 18.0 Å². The van der Waals surface area contributed by atoms with Gasteiger partial charge in [-0.05, 0) is 63.5 Å². The van der Waals surface area contributed by atoms with Crippen molar-refractivity contribution in [1.82, 2.24) is 5.32 Å². The molecule has 62 heavy (non-hydrogen) atoms. The number of carbonyl (C=O) groups is 5. The summed E-state index contributed by atoms with van der Waals surface area (Å²) in [7, 11) is 0. The number of Topliss-reactive ketones (excluding diaryl/α,β-unsaturated/α-hetero) is 1. The molecule has 0 aromatic heterocycles. The summed E-state index contributed by atoms with van der Waals surface area (Å²) in [5.74, 6) is -5.93. The Morgan fingerprint density at radius 2 is 1.50 bits per heavy atom. The summed E-state index contributed by atoms with van der Waals surface area (Å²) in [6, 6.07) is 13.1. The molecule has 6 rings (SSSR count). The standard InChI is InChI=1S/C44H52F3NO14/c1-22-26(59-36(55)31(52)29(24-15-11-9-12-16-24)48-37(56)62-39(5,6)44(45,46)47)19-42(57)34(60-35(54)25-17-13-10-14-18-25)32-41(8,33(53)30(51)28(22)38(42,3)4)27(50)20-40(7)43(32,21-58-40)61-23(2)49/h9-18,26-27,29-32,34,50-52,57H,19-21H2,1-8H3,(H,48,56)/t26-,27-,29-,30+,31+,32-,34-,40+,41+,42+,43+/m0/s1. The van der Waals surface area contributed by atoms with Crippen LogP contribution in [0.5, 0.6) is 0 Å². The monoisotopic (exact) mass is 875 g/mol. The number of ether oxygens (including phenoxy) is 5. The Morgan fingerprint density at radius 3 is 2.03 bits per heavy atom. The molecule has 1 amide bonds. The van der Waals surface area contributed by atoms with E-state index in [1.807, 2.05) is 0 Å². The fraction of sp³-hybridized carbons (Fsp3) is 0.568. The molecule has 18 heteroatoms. The largest absolute Gasteiger partial charge is 0.456 e. The fourth-order valence-electron chi connectivity index (χ4n) is 9.89. The Hall–Kier alpha value is -4.88. The third-order valence-electron chi connectivity index (χ3n) is 13.8. The molecular weight excluding hydrogens is 823 g/mol. The van der Waals surface area contributed by atoms with E-state index in [4.69, 9.17) is 18.9 Å². The van der Waals surface area contributed by atoms with Crippen LogP contribution in [0, 0.1) is 16.7 Å². The van der Waals surface area contributed by atoms with Crippen LogP contribution in [-0.2, 0) is 38.1 Å². The number of benzene rings is 2. The van der Waals surface area contributed by atoms with Gasteiger partial charge in [0.05, 0.1) is 35.6 Å². The zero-order chi connectivity index (χ0) is 46.2. The average molecular weight is 876 g/mol. The van der Waals surface area contributed by atoms with E-state index in [1.165, 1.54) is 71.0 Å². The Kier molecular flexibility index (Phi) is 11.8. The molecule has 5 N–H and O–H groups in total. The van der Waals surface area contributed by atoms with E-state index in [-0.39, 0.29) is 35.3 Å². The van der Waals surface area contributed by atoms with Gasteiger partial charge in [-0.25, -0.2) is 14.4 Å². The van der Waals surface area contributed by atoms with Crippen molar-refractivity contribution in [3.63, 3.8) is 0 Å². The molecule has 15 nitrogen and oxygen atoms in total. The van der Waals surface area contributed by atoms with Crippen molar-refractivity contribution in [2.45, 2.75) is 133 Å². The second-order valence-corrected chi connectivity index (χ2v) is 18.1. The van der Waals surface area contributed by atoms with Gasteiger partial charge in [0.25, 0.3) is 0 Å². The van der Waals surface area contributed by atoms with E-state index in [2.05, 4.69) is 10.1 Å². The molecule has 11 atom stereocenters. The number of rotatable bonds is 9. The minimum absolute atomic E-state index is 0.0139. The number of aliphatic hydroxyl groups excluding tert-OH is 3. The van der Waals surface area contributed by atoms with Gasteiger partial charge in [-0.3, -0.25) is 9.59 Å². The topological polar surface area (TPSA) is 224 Å². The van der Waals surface area contributed by atoms with Crippen LogP contribution >= 0.6 is 0 Å². The molecule has 2 bridgehead atoms. The predicted octanol–water partition coefficient (Wildman–Crippen LogP) is 4.19. The van der Waals surface area contributed by atoms with Crippen molar-refractivity contribution >= 4 is 29.8 Å². The van der Waals surface area contributed by atoms with Crippen LogP contribution in [0.3, 0.4) is 0 Å². The van der Waals surface area contributed by atoms with Gasteiger partial charge in [0.1, 0.15) is 29.5 Å². The molecule has 3 fully saturated rings. The van der Waals surface area contributed by atoms with Crippen molar-refractivity contribution in [2.24, 2.45) is 16.7 Å². The number of fused-ring (bicyclic) bond motifs is 5. The van der Waals surface area contributed by atoms with Gasteiger partial charge < -0.3 is 49.4 Å². The maximum absolute atomic E-state index is 15.0. The average Bonchev–Trinajstić information content (AvgIpc) is 3.19. The Morgan fingerprint density at radius 1 is 0.919 bits per heavy atom.